The molecule has 0 spiro atoms. The van der Waals surface area contributed by atoms with Crippen molar-refractivity contribution in [2.24, 2.45) is 5.92 Å². The Labute approximate surface area is 120 Å². The Kier molecular flexibility index (Phi) is 3.81. The number of fused-ring (bicyclic) bond motifs is 1. The summed E-state index contributed by atoms with van der Waals surface area (Å²) in [7, 11) is 0. The molecule has 0 bridgehead atoms. The van der Waals surface area contributed by atoms with E-state index in [-0.39, 0.29) is 5.91 Å². The number of nitrogens with zero attached hydrogens (tertiary/aromatic N) is 1. The van der Waals surface area contributed by atoms with Crippen LogP contribution in [0.5, 0.6) is 0 Å². The largest absolute Gasteiger partial charge is 0.398 e. The molecule has 1 aromatic carbocycles. The Morgan fingerprint density at radius 3 is 2.95 bits per heavy atom. The van der Waals surface area contributed by atoms with Gasteiger partial charge in [-0.25, -0.2) is 0 Å². The average Bonchev–Trinajstić information content (AvgIpc) is 2.38. The first-order valence-electron chi connectivity index (χ1n) is 7.63. The summed E-state index contributed by atoms with van der Waals surface area (Å²) >= 11 is 0. The summed E-state index contributed by atoms with van der Waals surface area (Å²) in [5.41, 5.74) is 9.21. The van der Waals surface area contributed by atoms with E-state index in [0.29, 0.717) is 12.5 Å². The average molecular weight is 273 g/mol. The topological polar surface area (TPSA) is 58.4 Å². The van der Waals surface area contributed by atoms with E-state index in [9.17, 15) is 4.79 Å². The van der Waals surface area contributed by atoms with E-state index in [2.05, 4.69) is 16.3 Å². The third-order valence-electron chi connectivity index (χ3n) is 4.53. The smallest absolute Gasteiger partial charge is 0.239 e. The molecule has 1 fully saturated rings. The molecule has 0 radical (unpaired) electrons. The summed E-state index contributed by atoms with van der Waals surface area (Å²) in [6, 6.07) is 5.99. The van der Waals surface area contributed by atoms with Crippen molar-refractivity contribution in [3.63, 3.8) is 0 Å². The molecule has 4 nitrogen and oxygen atoms in total. The van der Waals surface area contributed by atoms with Crippen LogP contribution in [0.4, 0.5) is 11.4 Å². The van der Waals surface area contributed by atoms with Gasteiger partial charge in [0.25, 0.3) is 0 Å². The number of benzene rings is 1. The Bertz CT molecular complexity index is 496. The second kappa shape index (κ2) is 5.73. The van der Waals surface area contributed by atoms with Crippen molar-refractivity contribution in [3.05, 3.63) is 23.8 Å². The zero-order valence-corrected chi connectivity index (χ0v) is 11.9. The van der Waals surface area contributed by atoms with Crippen molar-refractivity contribution < 1.29 is 4.79 Å². The van der Waals surface area contributed by atoms with Gasteiger partial charge in [-0.2, -0.15) is 0 Å². The molecule has 1 heterocycles. The van der Waals surface area contributed by atoms with Crippen LogP contribution < -0.4 is 16.0 Å². The Morgan fingerprint density at radius 2 is 2.20 bits per heavy atom. The molecule has 4 heteroatoms. The number of carbonyl (C=O) groups excluding carboxylic acids is 1. The lowest BCUT2D eigenvalue weighted by Gasteiger charge is -2.32. The SMILES string of the molecule is Nc1cccc2c1CCCN2CC(=O)NCC1CCC1. The van der Waals surface area contributed by atoms with Crippen LogP contribution in [-0.2, 0) is 11.2 Å². The Hall–Kier alpha value is -1.71. The maximum atomic E-state index is 12.1. The molecular weight excluding hydrogens is 250 g/mol. The molecule has 0 atom stereocenters. The van der Waals surface area contributed by atoms with Gasteiger partial charge in [-0.15, -0.1) is 0 Å². The van der Waals surface area contributed by atoms with Crippen LogP contribution >= 0.6 is 0 Å². The maximum absolute atomic E-state index is 12.1. The Balaban J connectivity index is 1.60. The number of rotatable bonds is 4. The van der Waals surface area contributed by atoms with Crippen molar-refractivity contribution >= 4 is 17.3 Å². The first-order chi connectivity index (χ1) is 9.74. The van der Waals surface area contributed by atoms with E-state index >= 15 is 0 Å². The van der Waals surface area contributed by atoms with Gasteiger partial charge in [0.15, 0.2) is 0 Å². The van der Waals surface area contributed by atoms with E-state index in [1.54, 1.807) is 0 Å². The van der Waals surface area contributed by atoms with Crippen molar-refractivity contribution in [3.8, 4) is 0 Å². The summed E-state index contributed by atoms with van der Waals surface area (Å²) in [4.78, 5) is 14.2. The molecule has 0 saturated heterocycles. The fraction of sp³-hybridized carbons (Fsp3) is 0.562. The van der Waals surface area contributed by atoms with Gasteiger partial charge in [-0.3, -0.25) is 4.79 Å². The molecule has 2 aliphatic rings. The number of nitrogens with two attached hydrogens (primary N) is 1. The minimum Gasteiger partial charge on any atom is -0.398 e. The van der Waals surface area contributed by atoms with Gasteiger partial charge in [0.2, 0.25) is 5.91 Å². The highest BCUT2D eigenvalue weighted by Crippen LogP contribution is 2.31. The molecule has 3 N–H and O–H groups in total. The fourth-order valence-corrected chi connectivity index (χ4v) is 3.08. The number of nitrogen functional groups attached to an aromatic ring is 1. The lowest BCUT2D eigenvalue weighted by Crippen LogP contribution is -2.42. The quantitative estimate of drug-likeness (QED) is 0.824. The highest BCUT2D eigenvalue weighted by atomic mass is 16.2. The first-order valence-corrected chi connectivity index (χ1v) is 7.63. The third kappa shape index (κ3) is 2.74. The van der Waals surface area contributed by atoms with E-state index in [1.165, 1.54) is 24.8 Å². The summed E-state index contributed by atoms with van der Waals surface area (Å²) in [5, 5.41) is 3.07. The standard InChI is InChI=1S/C16H23N3O/c17-14-7-2-8-15-13(14)6-3-9-19(15)11-16(20)18-10-12-4-1-5-12/h2,7-8,12H,1,3-6,9-11,17H2,(H,18,20). The van der Waals surface area contributed by atoms with Crippen molar-refractivity contribution in [2.75, 3.05) is 30.3 Å². The van der Waals surface area contributed by atoms with Crippen LogP contribution in [0.3, 0.4) is 0 Å². The van der Waals surface area contributed by atoms with Gasteiger partial charge < -0.3 is 16.0 Å². The molecule has 0 aromatic heterocycles. The summed E-state index contributed by atoms with van der Waals surface area (Å²) < 4.78 is 0. The van der Waals surface area contributed by atoms with E-state index < -0.39 is 0 Å². The predicted molar refractivity (Wildman–Crippen MR) is 81.7 cm³/mol. The molecule has 0 unspecified atom stereocenters. The second-order valence-electron chi connectivity index (χ2n) is 5.97. The first kappa shape index (κ1) is 13.3. The van der Waals surface area contributed by atoms with Gasteiger partial charge >= 0.3 is 0 Å². The number of hydrogen-bond acceptors (Lipinski definition) is 3. The highest BCUT2D eigenvalue weighted by Gasteiger charge is 2.22. The van der Waals surface area contributed by atoms with Gasteiger partial charge in [-0.1, -0.05) is 12.5 Å². The van der Waals surface area contributed by atoms with Gasteiger partial charge in [-0.05, 0) is 49.3 Å². The number of anilines is 2. The van der Waals surface area contributed by atoms with Crippen LogP contribution in [0.15, 0.2) is 18.2 Å². The zero-order valence-electron chi connectivity index (χ0n) is 11.9. The van der Waals surface area contributed by atoms with Crippen LogP contribution in [0.1, 0.15) is 31.2 Å². The summed E-state index contributed by atoms with van der Waals surface area (Å²) in [6.07, 6.45) is 5.94. The molecular formula is C16H23N3O. The van der Waals surface area contributed by atoms with Crippen molar-refractivity contribution in [1.29, 1.82) is 0 Å². The monoisotopic (exact) mass is 273 g/mol. The molecule has 3 rings (SSSR count). The summed E-state index contributed by atoms with van der Waals surface area (Å²) in [5.74, 6) is 0.843. The predicted octanol–water partition coefficient (Wildman–Crippen LogP) is 1.94. The van der Waals surface area contributed by atoms with Crippen LogP contribution in [0.2, 0.25) is 0 Å². The molecule has 1 aromatic rings. The molecule has 108 valence electrons. The third-order valence-corrected chi connectivity index (χ3v) is 4.53. The lowest BCUT2D eigenvalue weighted by molar-refractivity contribution is -0.120. The minimum atomic E-state index is 0.132. The molecule has 1 aliphatic heterocycles. The van der Waals surface area contributed by atoms with Crippen molar-refractivity contribution in [2.45, 2.75) is 32.1 Å². The molecule has 20 heavy (non-hydrogen) atoms. The van der Waals surface area contributed by atoms with Crippen molar-refractivity contribution in [1.82, 2.24) is 5.32 Å². The number of carbonyl (C=O) groups is 1. The number of hydrogen-bond donors (Lipinski definition) is 2. The van der Waals surface area contributed by atoms with Gasteiger partial charge in [0, 0.05) is 24.5 Å². The van der Waals surface area contributed by atoms with Crippen LogP contribution in [0.25, 0.3) is 0 Å². The normalized spacial score (nSPS) is 18.3. The second-order valence-corrected chi connectivity index (χ2v) is 5.97. The van der Waals surface area contributed by atoms with Gasteiger partial charge in [0.05, 0.1) is 6.54 Å². The van der Waals surface area contributed by atoms with E-state index in [1.807, 2.05) is 12.1 Å². The Morgan fingerprint density at radius 1 is 1.35 bits per heavy atom. The van der Waals surface area contributed by atoms with E-state index in [4.69, 9.17) is 5.73 Å². The lowest BCUT2D eigenvalue weighted by atomic mass is 9.85. The number of amides is 1. The van der Waals surface area contributed by atoms with Crippen LogP contribution in [0, 0.1) is 5.92 Å². The fourth-order valence-electron chi connectivity index (χ4n) is 3.08. The molecule has 1 aliphatic carbocycles. The van der Waals surface area contributed by atoms with Crippen LogP contribution in [-0.4, -0.2) is 25.5 Å². The van der Waals surface area contributed by atoms with Gasteiger partial charge in [0.1, 0.15) is 0 Å². The molecule has 1 amide bonds. The summed E-state index contributed by atoms with van der Waals surface area (Å²) in [6.45, 7) is 2.23. The molecule has 1 saturated carbocycles. The number of nitrogens with one attached hydrogen (secondary N) is 1. The highest BCUT2D eigenvalue weighted by molar-refractivity contribution is 5.82. The maximum Gasteiger partial charge on any atom is 0.239 e. The van der Waals surface area contributed by atoms with E-state index in [0.717, 1.165) is 37.3 Å². The minimum absolute atomic E-state index is 0.132. The zero-order chi connectivity index (χ0) is 13.9.